The average Bonchev–Trinajstić information content (AvgIpc) is 3.24. The third kappa shape index (κ3) is 47.0. The summed E-state index contributed by atoms with van der Waals surface area (Å²) in [6, 6.07) is 0. The van der Waals surface area contributed by atoms with Gasteiger partial charge in [-0.05, 0) is 12.8 Å². The maximum atomic E-state index is 12.7. The minimum Gasteiger partial charge on any atom is -0.457 e. The summed E-state index contributed by atoms with van der Waals surface area (Å²) in [6.07, 6.45) is 49.3. The molecule has 3 atom stereocenters. The lowest BCUT2D eigenvalue weighted by atomic mass is 10.0. The molecule has 60 heavy (non-hydrogen) atoms. The number of carbonyl (C=O) groups is 1. The Morgan fingerprint density at radius 1 is 0.450 bits per heavy atom. The Kier molecular flexibility index (Phi) is 47.5. The van der Waals surface area contributed by atoms with Gasteiger partial charge >= 0.3 is 13.8 Å². The fraction of sp³-hybridized carbons (Fsp3) is 0.980. The number of phosphoric acid groups is 1. The van der Waals surface area contributed by atoms with Crippen LogP contribution in [0.25, 0.3) is 0 Å². The molecule has 0 heterocycles. The molecule has 0 fully saturated rings. The van der Waals surface area contributed by atoms with Crippen molar-refractivity contribution < 1.29 is 43.0 Å². The maximum absolute atomic E-state index is 12.7. The minimum absolute atomic E-state index is 0.0588. The van der Waals surface area contributed by atoms with Crippen LogP contribution in [0.15, 0.2) is 0 Å². The number of esters is 1. The van der Waals surface area contributed by atoms with Crippen LogP contribution in [0.2, 0.25) is 0 Å². The number of ether oxygens (including phenoxy) is 2. The number of hydrogen-bond donors (Lipinski definition) is 3. The lowest BCUT2D eigenvalue weighted by molar-refractivity contribution is -0.154. The molecular formula is C50H101O9P. The molecule has 0 radical (unpaired) electrons. The first-order valence-electron chi connectivity index (χ1n) is 26.0. The van der Waals surface area contributed by atoms with E-state index < -0.39 is 33.2 Å². The van der Waals surface area contributed by atoms with E-state index in [9.17, 15) is 19.4 Å². The van der Waals surface area contributed by atoms with Gasteiger partial charge in [-0.1, -0.05) is 251 Å². The van der Waals surface area contributed by atoms with Crippen molar-refractivity contribution >= 4 is 13.8 Å². The number of aliphatic hydroxyl groups is 2. The van der Waals surface area contributed by atoms with Crippen molar-refractivity contribution in [3.05, 3.63) is 0 Å². The summed E-state index contributed by atoms with van der Waals surface area (Å²) < 4.78 is 33.5. The average molecular weight is 877 g/mol. The van der Waals surface area contributed by atoms with Crippen molar-refractivity contribution in [2.24, 2.45) is 0 Å². The van der Waals surface area contributed by atoms with Gasteiger partial charge in [-0.15, -0.1) is 0 Å². The summed E-state index contributed by atoms with van der Waals surface area (Å²) in [5.41, 5.74) is 0. The van der Waals surface area contributed by atoms with E-state index in [-0.39, 0.29) is 25.6 Å². The van der Waals surface area contributed by atoms with Crippen LogP contribution in [0.1, 0.15) is 271 Å². The van der Waals surface area contributed by atoms with Crippen molar-refractivity contribution in [1.82, 2.24) is 0 Å². The largest absolute Gasteiger partial charge is 0.472 e. The van der Waals surface area contributed by atoms with Gasteiger partial charge in [0.1, 0.15) is 12.2 Å². The number of aliphatic hydroxyl groups excluding tert-OH is 2. The van der Waals surface area contributed by atoms with Gasteiger partial charge in [0, 0.05) is 13.0 Å². The molecule has 0 spiro atoms. The molecule has 0 aliphatic heterocycles. The van der Waals surface area contributed by atoms with Crippen molar-refractivity contribution in [3.8, 4) is 0 Å². The van der Waals surface area contributed by atoms with Crippen molar-refractivity contribution in [1.29, 1.82) is 0 Å². The molecule has 0 aromatic carbocycles. The maximum Gasteiger partial charge on any atom is 0.472 e. The van der Waals surface area contributed by atoms with E-state index in [1.807, 2.05) is 0 Å². The Morgan fingerprint density at radius 2 is 0.750 bits per heavy atom. The first-order chi connectivity index (χ1) is 29.3. The zero-order chi connectivity index (χ0) is 43.9. The van der Waals surface area contributed by atoms with Crippen LogP contribution in [0, 0.1) is 0 Å². The number of hydrogen-bond acceptors (Lipinski definition) is 8. The van der Waals surface area contributed by atoms with Crippen LogP contribution >= 0.6 is 7.82 Å². The smallest absolute Gasteiger partial charge is 0.457 e. The first kappa shape index (κ1) is 59.5. The summed E-state index contributed by atoms with van der Waals surface area (Å²) in [7, 11) is -4.51. The third-order valence-corrected chi connectivity index (χ3v) is 12.7. The molecule has 1 unspecified atom stereocenters. The van der Waals surface area contributed by atoms with Gasteiger partial charge in [-0.2, -0.15) is 0 Å². The molecule has 0 aliphatic carbocycles. The van der Waals surface area contributed by atoms with E-state index >= 15 is 0 Å². The highest BCUT2D eigenvalue weighted by molar-refractivity contribution is 7.47. The van der Waals surface area contributed by atoms with Crippen LogP contribution in [0.3, 0.4) is 0 Å². The molecule has 0 saturated heterocycles. The molecule has 360 valence electrons. The second-order valence-electron chi connectivity index (χ2n) is 17.9. The van der Waals surface area contributed by atoms with E-state index in [2.05, 4.69) is 13.8 Å². The monoisotopic (exact) mass is 877 g/mol. The summed E-state index contributed by atoms with van der Waals surface area (Å²) in [6.45, 7) is 3.61. The second-order valence-corrected chi connectivity index (χ2v) is 19.4. The summed E-state index contributed by atoms with van der Waals surface area (Å²) in [5, 5.41) is 18.4. The molecule has 0 rings (SSSR count). The Bertz CT molecular complexity index is 907. The Morgan fingerprint density at radius 3 is 1.08 bits per heavy atom. The van der Waals surface area contributed by atoms with E-state index in [1.165, 1.54) is 218 Å². The Labute approximate surface area is 371 Å². The van der Waals surface area contributed by atoms with E-state index in [1.54, 1.807) is 0 Å². The van der Waals surface area contributed by atoms with Gasteiger partial charge in [0.15, 0.2) is 0 Å². The molecule has 3 N–H and O–H groups in total. The molecule has 0 aromatic heterocycles. The number of phosphoric ester groups is 1. The van der Waals surface area contributed by atoms with Gasteiger partial charge < -0.3 is 24.6 Å². The van der Waals surface area contributed by atoms with Gasteiger partial charge in [-0.3, -0.25) is 13.8 Å². The predicted octanol–water partition coefficient (Wildman–Crippen LogP) is 15.0. The highest BCUT2D eigenvalue weighted by atomic mass is 31.2. The zero-order valence-electron chi connectivity index (χ0n) is 39.7. The van der Waals surface area contributed by atoms with Crippen LogP contribution in [0.5, 0.6) is 0 Å². The normalized spacial score (nSPS) is 13.8. The molecule has 0 saturated carbocycles. The standard InChI is InChI=1S/C50H101O9P/c1-3-5-7-9-11-13-15-17-19-21-23-24-25-26-28-30-32-34-36-38-40-42-50(53)59-49(47-58-60(54,55)57-45-48(52)44-51)46-56-43-41-39-37-35-33-31-29-27-22-20-18-16-14-12-10-8-6-4-2/h48-49,51-52H,3-47H2,1-2H3,(H,54,55)/t48-,49+/m0/s1. The topological polar surface area (TPSA) is 132 Å². The number of rotatable bonds is 51. The quantitative estimate of drug-likeness (QED) is 0.0310. The second kappa shape index (κ2) is 47.9. The number of carbonyl (C=O) groups excluding carboxylic acids is 1. The van der Waals surface area contributed by atoms with Gasteiger partial charge in [0.2, 0.25) is 0 Å². The van der Waals surface area contributed by atoms with Crippen molar-refractivity contribution in [2.75, 3.05) is 33.0 Å². The van der Waals surface area contributed by atoms with Crippen molar-refractivity contribution in [2.45, 2.75) is 283 Å². The summed E-state index contributed by atoms with van der Waals surface area (Å²) in [5.74, 6) is -0.373. The lowest BCUT2D eigenvalue weighted by Crippen LogP contribution is -2.29. The number of unbranched alkanes of at least 4 members (excludes halogenated alkanes) is 37. The first-order valence-corrected chi connectivity index (χ1v) is 27.5. The van der Waals surface area contributed by atoms with Crippen LogP contribution in [-0.2, 0) is 27.9 Å². The molecule has 0 amide bonds. The molecule has 10 heteroatoms. The fourth-order valence-electron chi connectivity index (χ4n) is 7.83. The van der Waals surface area contributed by atoms with Crippen LogP contribution in [0.4, 0.5) is 0 Å². The molecule has 0 bridgehead atoms. The highest BCUT2D eigenvalue weighted by Crippen LogP contribution is 2.43. The minimum atomic E-state index is -4.51. The predicted molar refractivity (Wildman–Crippen MR) is 252 cm³/mol. The zero-order valence-corrected chi connectivity index (χ0v) is 40.6. The fourth-order valence-corrected chi connectivity index (χ4v) is 8.62. The molecular weight excluding hydrogens is 776 g/mol. The van der Waals surface area contributed by atoms with Gasteiger partial charge in [0.05, 0.1) is 26.4 Å². The van der Waals surface area contributed by atoms with Gasteiger partial charge in [-0.25, -0.2) is 4.57 Å². The summed E-state index contributed by atoms with van der Waals surface area (Å²) >= 11 is 0. The Balaban J connectivity index is 4.00. The highest BCUT2D eigenvalue weighted by Gasteiger charge is 2.26. The Hall–Kier alpha value is -0.540. The van der Waals surface area contributed by atoms with Gasteiger partial charge in [0.25, 0.3) is 0 Å². The molecule has 0 aliphatic rings. The van der Waals surface area contributed by atoms with E-state index in [0.717, 1.165) is 32.1 Å². The molecule has 0 aromatic rings. The lowest BCUT2D eigenvalue weighted by Gasteiger charge is -2.20. The molecule has 9 nitrogen and oxygen atoms in total. The SMILES string of the molecule is CCCCCCCCCCCCCCCCCCCCCCCC(=O)O[C@H](COCCCCCCCCCCCCCCCCCCCC)COP(=O)(O)OC[C@@H](O)CO. The van der Waals surface area contributed by atoms with Crippen molar-refractivity contribution in [3.63, 3.8) is 0 Å². The van der Waals surface area contributed by atoms with E-state index in [4.69, 9.17) is 23.6 Å². The van der Waals surface area contributed by atoms with Crippen LogP contribution in [-0.4, -0.2) is 66.3 Å². The summed E-state index contributed by atoms with van der Waals surface area (Å²) in [4.78, 5) is 22.7. The third-order valence-electron chi connectivity index (χ3n) is 11.8. The van der Waals surface area contributed by atoms with Crippen LogP contribution < -0.4 is 0 Å². The van der Waals surface area contributed by atoms with E-state index in [0.29, 0.717) is 6.61 Å².